The normalized spacial score (nSPS) is 11.4. The standard InChI is InChI=1S/C26H20F3N7OS/c1-16-4-5-18(12-22(16)36(25-33-9-11-38-25)24-31-6-3-7-32-24)23(37)34-20-13-19(26(27,28)29)14-21(15-20)35-10-8-30-17(35)2/h3-15H,1-2H3,(H,34,37). The van der Waals surface area contributed by atoms with Gasteiger partial charge in [-0.3, -0.25) is 9.69 Å². The van der Waals surface area contributed by atoms with Gasteiger partial charge in [0.05, 0.1) is 11.3 Å². The van der Waals surface area contributed by atoms with E-state index < -0.39 is 17.6 Å². The summed E-state index contributed by atoms with van der Waals surface area (Å²) in [7, 11) is 0. The number of hydrogen-bond donors (Lipinski definition) is 1. The number of thiazole rings is 1. The van der Waals surface area contributed by atoms with Gasteiger partial charge in [-0.15, -0.1) is 11.3 Å². The molecule has 3 aromatic heterocycles. The Hall–Kier alpha value is -4.58. The van der Waals surface area contributed by atoms with Crippen LogP contribution in [0.4, 0.5) is 35.6 Å². The van der Waals surface area contributed by atoms with Crippen molar-refractivity contribution in [3.8, 4) is 5.69 Å². The fourth-order valence-corrected chi connectivity index (χ4v) is 4.51. The van der Waals surface area contributed by atoms with E-state index in [1.165, 1.54) is 28.2 Å². The molecule has 0 aliphatic carbocycles. The van der Waals surface area contributed by atoms with E-state index in [0.29, 0.717) is 22.6 Å². The number of nitrogens with zero attached hydrogens (tertiary/aromatic N) is 6. The lowest BCUT2D eigenvalue weighted by atomic mass is 10.1. The summed E-state index contributed by atoms with van der Waals surface area (Å²) in [6.07, 6.45) is 3.29. The lowest BCUT2D eigenvalue weighted by Crippen LogP contribution is -2.17. The maximum atomic E-state index is 13.7. The van der Waals surface area contributed by atoms with E-state index in [-0.39, 0.29) is 16.9 Å². The molecule has 2 aromatic carbocycles. The Morgan fingerprint density at radius 3 is 2.42 bits per heavy atom. The molecule has 0 saturated heterocycles. The van der Waals surface area contributed by atoms with Gasteiger partial charge in [0.2, 0.25) is 5.95 Å². The zero-order valence-electron chi connectivity index (χ0n) is 20.1. The Balaban J connectivity index is 1.52. The van der Waals surface area contributed by atoms with Crippen LogP contribution in [-0.4, -0.2) is 30.4 Å². The predicted molar refractivity (Wildman–Crippen MR) is 138 cm³/mol. The number of imidazole rings is 1. The Kier molecular flexibility index (Phi) is 6.64. The summed E-state index contributed by atoms with van der Waals surface area (Å²) in [6, 6.07) is 10.1. The highest BCUT2D eigenvalue weighted by Gasteiger charge is 2.32. The number of hydrogen-bond acceptors (Lipinski definition) is 7. The van der Waals surface area contributed by atoms with Crippen LogP contribution >= 0.6 is 11.3 Å². The van der Waals surface area contributed by atoms with E-state index in [4.69, 9.17) is 0 Å². The monoisotopic (exact) mass is 535 g/mol. The number of anilines is 4. The van der Waals surface area contributed by atoms with Gasteiger partial charge < -0.3 is 9.88 Å². The van der Waals surface area contributed by atoms with Gasteiger partial charge in [-0.2, -0.15) is 13.2 Å². The Morgan fingerprint density at radius 2 is 1.76 bits per heavy atom. The third kappa shape index (κ3) is 5.11. The van der Waals surface area contributed by atoms with Crippen molar-refractivity contribution in [1.29, 1.82) is 0 Å². The second kappa shape index (κ2) is 10.1. The van der Waals surface area contributed by atoms with Crippen LogP contribution < -0.4 is 10.2 Å². The smallest absolute Gasteiger partial charge is 0.322 e. The summed E-state index contributed by atoms with van der Waals surface area (Å²) in [5.74, 6) is 0.295. The maximum absolute atomic E-state index is 13.7. The van der Waals surface area contributed by atoms with Crippen LogP contribution in [0.1, 0.15) is 27.3 Å². The van der Waals surface area contributed by atoms with Gasteiger partial charge >= 0.3 is 6.18 Å². The average Bonchev–Trinajstić information content (AvgIpc) is 3.57. The number of nitrogens with one attached hydrogen (secondary N) is 1. The Bertz CT molecular complexity index is 1580. The lowest BCUT2D eigenvalue weighted by molar-refractivity contribution is -0.137. The highest BCUT2D eigenvalue weighted by atomic mass is 32.1. The summed E-state index contributed by atoms with van der Waals surface area (Å²) in [5, 5.41) is 5.02. The number of carbonyl (C=O) groups is 1. The van der Waals surface area contributed by atoms with E-state index in [1.807, 2.05) is 12.3 Å². The van der Waals surface area contributed by atoms with Crippen LogP contribution in [0, 0.1) is 13.8 Å². The van der Waals surface area contributed by atoms with Crippen molar-refractivity contribution in [1.82, 2.24) is 24.5 Å². The highest BCUT2D eigenvalue weighted by Crippen LogP contribution is 2.36. The number of aryl methyl sites for hydroxylation is 2. The molecule has 38 heavy (non-hydrogen) atoms. The molecule has 0 atom stereocenters. The van der Waals surface area contributed by atoms with Gasteiger partial charge in [-0.05, 0) is 55.8 Å². The van der Waals surface area contributed by atoms with Gasteiger partial charge in [0.1, 0.15) is 5.82 Å². The van der Waals surface area contributed by atoms with Crippen LogP contribution in [0.3, 0.4) is 0 Å². The van der Waals surface area contributed by atoms with Crippen LogP contribution in [-0.2, 0) is 6.18 Å². The number of carbonyl (C=O) groups excluding carboxylic acids is 1. The van der Waals surface area contributed by atoms with E-state index in [2.05, 4.69) is 25.3 Å². The zero-order chi connectivity index (χ0) is 26.9. The summed E-state index contributed by atoms with van der Waals surface area (Å²) >= 11 is 1.37. The van der Waals surface area contributed by atoms with Crippen LogP contribution in [0.2, 0.25) is 0 Å². The minimum Gasteiger partial charge on any atom is -0.322 e. The molecule has 192 valence electrons. The molecule has 8 nitrogen and oxygen atoms in total. The number of rotatable bonds is 6. The third-order valence-electron chi connectivity index (χ3n) is 5.68. The van der Waals surface area contributed by atoms with E-state index in [0.717, 1.165) is 17.7 Å². The van der Waals surface area contributed by atoms with Crippen LogP contribution in [0.5, 0.6) is 0 Å². The second-order valence-electron chi connectivity index (χ2n) is 8.27. The molecule has 0 unspecified atom stereocenters. The number of aromatic nitrogens is 5. The van der Waals surface area contributed by atoms with Crippen molar-refractivity contribution in [2.24, 2.45) is 0 Å². The number of alkyl halides is 3. The SMILES string of the molecule is Cc1ccc(C(=O)Nc2cc(-n3ccnc3C)cc(C(F)(F)F)c2)cc1N(c1ncccn1)c1nccs1. The largest absolute Gasteiger partial charge is 0.416 e. The van der Waals surface area contributed by atoms with Gasteiger partial charge in [0.15, 0.2) is 5.13 Å². The first-order valence-electron chi connectivity index (χ1n) is 11.3. The molecule has 0 aliphatic rings. The summed E-state index contributed by atoms with van der Waals surface area (Å²) in [5.41, 5.74) is 1.00. The first kappa shape index (κ1) is 25.1. The molecule has 1 N–H and O–H groups in total. The lowest BCUT2D eigenvalue weighted by Gasteiger charge is -2.22. The van der Waals surface area contributed by atoms with Crippen molar-refractivity contribution < 1.29 is 18.0 Å². The fourth-order valence-electron chi connectivity index (χ4n) is 3.86. The molecule has 3 heterocycles. The molecule has 0 spiro atoms. The van der Waals surface area contributed by atoms with Crippen molar-refractivity contribution in [3.05, 3.63) is 101 Å². The molecule has 0 fully saturated rings. The maximum Gasteiger partial charge on any atom is 0.416 e. The topological polar surface area (TPSA) is 88.8 Å². The molecule has 0 radical (unpaired) electrons. The summed E-state index contributed by atoms with van der Waals surface area (Å²) in [4.78, 5) is 32.1. The molecule has 5 rings (SSSR count). The predicted octanol–water partition coefficient (Wildman–Crippen LogP) is 6.48. The number of amides is 1. The molecule has 0 saturated carbocycles. The molecule has 5 aromatic rings. The minimum absolute atomic E-state index is 0.00165. The first-order valence-corrected chi connectivity index (χ1v) is 12.2. The summed E-state index contributed by atoms with van der Waals surface area (Å²) < 4.78 is 42.5. The van der Waals surface area contributed by atoms with Crippen molar-refractivity contribution >= 4 is 39.7 Å². The molecular formula is C26H20F3N7OS. The van der Waals surface area contributed by atoms with Crippen LogP contribution in [0.25, 0.3) is 5.69 Å². The first-order chi connectivity index (χ1) is 18.2. The third-order valence-corrected chi connectivity index (χ3v) is 6.44. The van der Waals surface area contributed by atoms with E-state index in [1.54, 1.807) is 60.9 Å². The molecular weight excluding hydrogens is 515 g/mol. The van der Waals surface area contributed by atoms with Crippen molar-refractivity contribution in [2.45, 2.75) is 20.0 Å². The highest BCUT2D eigenvalue weighted by molar-refractivity contribution is 7.13. The Labute approximate surface area is 219 Å². The van der Waals surface area contributed by atoms with Gasteiger partial charge in [0, 0.05) is 53.3 Å². The fraction of sp³-hybridized carbons (Fsp3) is 0.115. The zero-order valence-corrected chi connectivity index (χ0v) is 21.0. The molecule has 1 amide bonds. The van der Waals surface area contributed by atoms with Crippen molar-refractivity contribution in [2.75, 3.05) is 10.2 Å². The van der Waals surface area contributed by atoms with Gasteiger partial charge in [0.25, 0.3) is 5.91 Å². The minimum atomic E-state index is -4.61. The average molecular weight is 536 g/mol. The Morgan fingerprint density at radius 1 is 0.974 bits per heavy atom. The molecule has 0 bridgehead atoms. The molecule has 12 heteroatoms. The molecule has 0 aliphatic heterocycles. The van der Waals surface area contributed by atoms with E-state index >= 15 is 0 Å². The van der Waals surface area contributed by atoms with Gasteiger partial charge in [-0.25, -0.2) is 19.9 Å². The van der Waals surface area contributed by atoms with Crippen LogP contribution in [0.15, 0.2) is 78.8 Å². The second-order valence-corrected chi connectivity index (χ2v) is 9.14. The summed E-state index contributed by atoms with van der Waals surface area (Å²) in [6.45, 7) is 3.55. The quantitative estimate of drug-likeness (QED) is 0.268. The van der Waals surface area contributed by atoms with Crippen molar-refractivity contribution in [3.63, 3.8) is 0 Å². The number of halogens is 3. The van der Waals surface area contributed by atoms with Gasteiger partial charge in [-0.1, -0.05) is 6.07 Å². The number of benzene rings is 2. The van der Waals surface area contributed by atoms with E-state index in [9.17, 15) is 18.0 Å².